The van der Waals surface area contributed by atoms with Gasteiger partial charge in [-0.1, -0.05) is 48.5 Å². The Morgan fingerprint density at radius 3 is 2.56 bits per heavy atom. The molecule has 0 atom stereocenters. The maximum Gasteiger partial charge on any atom is 0.331 e. The lowest BCUT2D eigenvalue weighted by atomic mass is 10.1. The van der Waals surface area contributed by atoms with E-state index in [0.29, 0.717) is 17.1 Å². The van der Waals surface area contributed by atoms with Gasteiger partial charge in [0.1, 0.15) is 12.4 Å². The van der Waals surface area contributed by atoms with Crippen molar-refractivity contribution in [2.24, 2.45) is 0 Å². The number of rotatable bonds is 7. The number of hydrogen-bond donors (Lipinski definition) is 1. The summed E-state index contributed by atoms with van der Waals surface area (Å²) in [7, 11) is 0. The summed E-state index contributed by atoms with van der Waals surface area (Å²) in [6, 6.07) is 17.0. The first kappa shape index (κ1) is 21.4. The van der Waals surface area contributed by atoms with Gasteiger partial charge in [-0.3, -0.25) is 18.7 Å². The zero-order valence-corrected chi connectivity index (χ0v) is 17.7. The smallest absolute Gasteiger partial charge is 0.300 e. The van der Waals surface area contributed by atoms with E-state index < -0.39 is 23.7 Å². The van der Waals surface area contributed by atoms with Crippen LogP contribution in [0, 0.1) is 5.82 Å². The molecule has 162 valence electrons. The number of nitrogens with zero attached hydrogens (tertiary/aromatic N) is 3. The van der Waals surface area contributed by atoms with Gasteiger partial charge in [0, 0.05) is 29.8 Å². The first-order chi connectivity index (χ1) is 15.5. The van der Waals surface area contributed by atoms with Crippen molar-refractivity contribution in [3.63, 3.8) is 0 Å². The second-order valence-corrected chi connectivity index (χ2v) is 8.20. The number of carbonyl (C=O) groups excluding carboxylic acids is 1. The summed E-state index contributed by atoms with van der Waals surface area (Å²) in [4.78, 5) is 42.3. The van der Waals surface area contributed by atoms with E-state index in [1.165, 1.54) is 34.2 Å². The van der Waals surface area contributed by atoms with E-state index in [1.54, 1.807) is 24.4 Å². The van der Waals surface area contributed by atoms with Crippen molar-refractivity contribution in [2.45, 2.75) is 19.5 Å². The number of nitrogens with one attached hydrogen (secondary N) is 1. The predicted octanol–water partition coefficient (Wildman–Crippen LogP) is 2.88. The Hall–Kier alpha value is -3.85. The SMILES string of the molecule is O=C(Cn1c(=O)ccn(Cc2ccccc2)c1=O)Nc1ncc(Cc2ccccc2F)s1. The van der Waals surface area contributed by atoms with Crippen LogP contribution in [0.25, 0.3) is 0 Å². The molecular weight excluding hydrogens is 431 g/mol. The molecule has 1 amide bonds. The van der Waals surface area contributed by atoms with Gasteiger partial charge in [-0.25, -0.2) is 14.2 Å². The van der Waals surface area contributed by atoms with E-state index in [0.717, 1.165) is 15.0 Å². The standard InChI is InChI=1S/C23H19FN4O3S/c24-19-9-5-4-8-17(19)12-18-13-25-22(32-18)26-20(29)15-28-21(30)10-11-27(23(28)31)14-16-6-2-1-3-7-16/h1-11,13H,12,14-15H2,(H,25,26,29). The number of halogens is 1. The zero-order valence-electron chi connectivity index (χ0n) is 16.9. The Morgan fingerprint density at radius 2 is 1.78 bits per heavy atom. The number of carbonyl (C=O) groups is 1. The highest BCUT2D eigenvalue weighted by molar-refractivity contribution is 7.15. The van der Waals surface area contributed by atoms with Gasteiger partial charge in [-0.05, 0) is 17.2 Å². The summed E-state index contributed by atoms with van der Waals surface area (Å²) in [5, 5.41) is 2.92. The fraction of sp³-hybridized carbons (Fsp3) is 0.130. The number of thiazole rings is 1. The molecule has 7 nitrogen and oxygen atoms in total. The van der Waals surface area contributed by atoms with Crippen LogP contribution < -0.4 is 16.6 Å². The van der Waals surface area contributed by atoms with E-state index in [9.17, 15) is 18.8 Å². The van der Waals surface area contributed by atoms with Crippen LogP contribution >= 0.6 is 11.3 Å². The second-order valence-electron chi connectivity index (χ2n) is 7.08. The zero-order chi connectivity index (χ0) is 22.5. The maximum atomic E-state index is 13.8. The largest absolute Gasteiger partial charge is 0.331 e. The third-order valence-corrected chi connectivity index (χ3v) is 5.67. The van der Waals surface area contributed by atoms with Gasteiger partial charge < -0.3 is 5.32 Å². The molecule has 0 saturated carbocycles. The summed E-state index contributed by atoms with van der Waals surface area (Å²) in [5.74, 6) is -0.852. The van der Waals surface area contributed by atoms with Gasteiger partial charge in [0.15, 0.2) is 5.13 Å². The molecule has 0 spiro atoms. The third-order valence-electron chi connectivity index (χ3n) is 4.76. The van der Waals surface area contributed by atoms with Crippen LogP contribution in [0.15, 0.2) is 82.6 Å². The number of amides is 1. The van der Waals surface area contributed by atoms with Crippen molar-refractivity contribution in [2.75, 3.05) is 5.32 Å². The van der Waals surface area contributed by atoms with Crippen molar-refractivity contribution >= 4 is 22.4 Å². The van der Waals surface area contributed by atoms with Crippen LogP contribution in [0.5, 0.6) is 0 Å². The van der Waals surface area contributed by atoms with Crippen LogP contribution in [0.3, 0.4) is 0 Å². The average molecular weight is 450 g/mol. The first-order valence-corrected chi connectivity index (χ1v) is 10.6. The van der Waals surface area contributed by atoms with Gasteiger partial charge in [0.05, 0.1) is 6.54 Å². The molecule has 0 radical (unpaired) electrons. The van der Waals surface area contributed by atoms with Crippen LogP contribution in [-0.4, -0.2) is 20.0 Å². The Morgan fingerprint density at radius 1 is 1.03 bits per heavy atom. The molecule has 0 saturated heterocycles. The quantitative estimate of drug-likeness (QED) is 0.469. The molecule has 2 aromatic carbocycles. The van der Waals surface area contributed by atoms with Gasteiger partial charge >= 0.3 is 5.69 Å². The highest BCUT2D eigenvalue weighted by Gasteiger charge is 2.13. The lowest BCUT2D eigenvalue weighted by molar-refractivity contribution is -0.116. The molecule has 0 unspecified atom stereocenters. The third kappa shape index (κ3) is 5.06. The summed E-state index contributed by atoms with van der Waals surface area (Å²) < 4.78 is 16.1. The molecule has 0 fully saturated rings. The topological polar surface area (TPSA) is 86.0 Å². The van der Waals surface area contributed by atoms with Gasteiger partial charge in [0.2, 0.25) is 5.91 Å². The molecule has 4 rings (SSSR count). The van der Waals surface area contributed by atoms with Gasteiger partial charge in [0.25, 0.3) is 5.56 Å². The molecule has 32 heavy (non-hydrogen) atoms. The second kappa shape index (κ2) is 9.52. The number of anilines is 1. The first-order valence-electron chi connectivity index (χ1n) is 9.82. The number of hydrogen-bond acceptors (Lipinski definition) is 5. The van der Waals surface area contributed by atoms with Crippen molar-refractivity contribution in [3.8, 4) is 0 Å². The molecule has 2 aromatic heterocycles. The highest BCUT2D eigenvalue weighted by Crippen LogP contribution is 2.22. The van der Waals surface area contributed by atoms with Crippen LogP contribution in [0.2, 0.25) is 0 Å². The van der Waals surface area contributed by atoms with Gasteiger partial charge in [-0.2, -0.15) is 0 Å². The molecule has 0 bridgehead atoms. The lowest BCUT2D eigenvalue weighted by Crippen LogP contribution is -2.41. The molecule has 0 aliphatic carbocycles. The van der Waals surface area contributed by atoms with E-state index >= 15 is 0 Å². The molecule has 4 aromatic rings. The Bertz CT molecular complexity index is 1360. The predicted molar refractivity (Wildman–Crippen MR) is 120 cm³/mol. The van der Waals surface area contributed by atoms with Crippen molar-refractivity contribution < 1.29 is 9.18 Å². The van der Waals surface area contributed by atoms with Crippen LogP contribution in [0.4, 0.5) is 9.52 Å². The minimum Gasteiger partial charge on any atom is -0.300 e. The Labute approximate surface area is 186 Å². The fourth-order valence-corrected chi connectivity index (χ4v) is 4.03. The maximum absolute atomic E-state index is 13.8. The molecule has 2 heterocycles. The fourth-order valence-electron chi connectivity index (χ4n) is 3.18. The average Bonchev–Trinajstić information content (AvgIpc) is 3.22. The normalized spacial score (nSPS) is 10.8. The molecule has 9 heteroatoms. The van der Waals surface area contributed by atoms with E-state index in [1.807, 2.05) is 30.3 Å². The van der Waals surface area contributed by atoms with Crippen molar-refractivity contribution in [1.29, 1.82) is 0 Å². The Balaban J connectivity index is 1.45. The molecule has 1 N–H and O–H groups in total. The monoisotopic (exact) mass is 450 g/mol. The minimum atomic E-state index is -0.573. The summed E-state index contributed by atoms with van der Waals surface area (Å²) in [6.07, 6.45) is 3.33. The van der Waals surface area contributed by atoms with E-state index in [-0.39, 0.29) is 12.4 Å². The van der Waals surface area contributed by atoms with E-state index in [4.69, 9.17) is 0 Å². The van der Waals surface area contributed by atoms with E-state index in [2.05, 4.69) is 10.3 Å². The van der Waals surface area contributed by atoms with Crippen LogP contribution in [0.1, 0.15) is 16.0 Å². The summed E-state index contributed by atoms with van der Waals surface area (Å²) >= 11 is 1.21. The van der Waals surface area contributed by atoms with Crippen LogP contribution in [-0.2, 0) is 24.3 Å². The molecule has 0 aliphatic rings. The molecule has 0 aliphatic heterocycles. The minimum absolute atomic E-state index is 0.285. The number of aromatic nitrogens is 3. The molecular formula is C23H19FN4O3S. The highest BCUT2D eigenvalue weighted by atomic mass is 32.1. The number of benzene rings is 2. The van der Waals surface area contributed by atoms with Crippen molar-refractivity contribution in [3.05, 3.63) is 116 Å². The summed E-state index contributed by atoms with van der Waals surface area (Å²) in [5.41, 5.74) is 0.294. The lowest BCUT2D eigenvalue weighted by Gasteiger charge is -2.09. The Kier molecular flexibility index (Phi) is 6.37. The summed E-state index contributed by atoms with van der Waals surface area (Å²) in [6.45, 7) is -0.150. The van der Waals surface area contributed by atoms with Crippen molar-refractivity contribution in [1.82, 2.24) is 14.1 Å². The van der Waals surface area contributed by atoms with Gasteiger partial charge in [-0.15, -0.1) is 11.3 Å².